The highest BCUT2D eigenvalue weighted by Crippen LogP contribution is 2.28. The molecule has 3 nitrogen and oxygen atoms in total. The average molecular weight is 243 g/mol. The van der Waals surface area contributed by atoms with E-state index in [4.69, 9.17) is 0 Å². The largest absolute Gasteiger partial charge is 0.314 e. The maximum absolute atomic E-state index is 4.47. The first-order valence-electron chi connectivity index (χ1n) is 6.31. The van der Waals surface area contributed by atoms with E-state index < -0.39 is 0 Å². The molecule has 2 rings (SSSR count). The SMILES string of the molecule is CNCc1[nH]nc(-c2cc(C)c(C)cc2C)c1C. The molecule has 2 N–H and O–H groups in total. The summed E-state index contributed by atoms with van der Waals surface area (Å²) in [6, 6.07) is 4.47. The van der Waals surface area contributed by atoms with E-state index >= 15 is 0 Å². The van der Waals surface area contributed by atoms with E-state index in [1.807, 2.05) is 7.05 Å². The summed E-state index contributed by atoms with van der Waals surface area (Å²) in [5.41, 5.74) is 8.62. The number of aryl methyl sites for hydroxylation is 3. The molecule has 0 aliphatic rings. The normalized spacial score (nSPS) is 10.9. The number of hydrogen-bond acceptors (Lipinski definition) is 2. The highest BCUT2D eigenvalue weighted by atomic mass is 15.1. The molecule has 0 radical (unpaired) electrons. The first-order valence-corrected chi connectivity index (χ1v) is 6.31. The van der Waals surface area contributed by atoms with E-state index in [1.165, 1.54) is 27.8 Å². The number of aromatic amines is 1. The molecule has 0 unspecified atom stereocenters. The van der Waals surface area contributed by atoms with Gasteiger partial charge in [0.15, 0.2) is 0 Å². The van der Waals surface area contributed by atoms with Crippen LogP contribution in [0.25, 0.3) is 11.3 Å². The predicted octanol–water partition coefficient (Wildman–Crippen LogP) is 3.03. The molecule has 0 amide bonds. The Labute approximate surface area is 109 Å². The van der Waals surface area contributed by atoms with Gasteiger partial charge in [-0.2, -0.15) is 5.10 Å². The molecule has 1 heterocycles. The summed E-state index contributed by atoms with van der Waals surface area (Å²) >= 11 is 0. The Morgan fingerprint density at radius 3 is 2.39 bits per heavy atom. The maximum Gasteiger partial charge on any atom is 0.0955 e. The zero-order valence-electron chi connectivity index (χ0n) is 11.8. The quantitative estimate of drug-likeness (QED) is 0.870. The van der Waals surface area contributed by atoms with Crippen molar-refractivity contribution in [3.63, 3.8) is 0 Å². The summed E-state index contributed by atoms with van der Waals surface area (Å²) in [6.45, 7) is 9.39. The fraction of sp³-hybridized carbons (Fsp3) is 0.400. The number of aromatic nitrogens is 2. The summed E-state index contributed by atoms with van der Waals surface area (Å²) < 4.78 is 0. The molecule has 0 aliphatic carbocycles. The van der Waals surface area contributed by atoms with Crippen LogP contribution in [-0.2, 0) is 6.54 Å². The van der Waals surface area contributed by atoms with Crippen LogP contribution in [0.4, 0.5) is 0 Å². The van der Waals surface area contributed by atoms with Crippen molar-refractivity contribution in [2.45, 2.75) is 34.2 Å². The Balaban J connectivity index is 2.52. The van der Waals surface area contributed by atoms with Crippen molar-refractivity contribution in [1.82, 2.24) is 15.5 Å². The molecular formula is C15H21N3. The van der Waals surface area contributed by atoms with Gasteiger partial charge < -0.3 is 5.32 Å². The fourth-order valence-corrected chi connectivity index (χ4v) is 2.26. The molecule has 96 valence electrons. The van der Waals surface area contributed by atoms with E-state index in [9.17, 15) is 0 Å². The lowest BCUT2D eigenvalue weighted by Gasteiger charge is -2.08. The van der Waals surface area contributed by atoms with Gasteiger partial charge in [-0.1, -0.05) is 6.07 Å². The van der Waals surface area contributed by atoms with Gasteiger partial charge in [0.2, 0.25) is 0 Å². The fourth-order valence-electron chi connectivity index (χ4n) is 2.26. The van der Waals surface area contributed by atoms with Crippen molar-refractivity contribution < 1.29 is 0 Å². The lowest BCUT2D eigenvalue weighted by Crippen LogP contribution is -2.06. The molecule has 0 bridgehead atoms. The second-order valence-corrected chi connectivity index (χ2v) is 4.96. The van der Waals surface area contributed by atoms with Crippen LogP contribution in [0.3, 0.4) is 0 Å². The molecule has 3 heteroatoms. The summed E-state index contributed by atoms with van der Waals surface area (Å²) in [4.78, 5) is 0. The number of H-pyrrole nitrogens is 1. The van der Waals surface area contributed by atoms with Crippen LogP contribution in [0.5, 0.6) is 0 Å². The Morgan fingerprint density at radius 1 is 1.06 bits per heavy atom. The highest BCUT2D eigenvalue weighted by Gasteiger charge is 2.13. The van der Waals surface area contributed by atoms with Crippen molar-refractivity contribution >= 4 is 0 Å². The van der Waals surface area contributed by atoms with Crippen molar-refractivity contribution in [2.75, 3.05) is 7.05 Å². The topological polar surface area (TPSA) is 40.7 Å². The molecule has 1 aromatic heterocycles. The molecular weight excluding hydrogens is 222 g/mol. The third-order valence-corrected chi connectivity index (χ3v) is 3.56. The van der Waals surface area contributed by atoms with E-state index in [1.54, 1.807) is 0 Å². The summed E-state index contributed by atoms with van der Waals surface area (Å²) in [5.74, 6) is 0. The number of rotatable bonds is 3. The van der Waals surface area contributed by atoms with Crippen LogP contribution in [0.15, 0.2) is 12.1 Å². The molecule has 1 aromatic carbocycles. The first kappa shape index (κ1) is 12.8. The second-order valence-electron chi connectivity index (χ2n) is 4.96. The van der Waals surface area contributed by atoms with E-state index in [2.05, 4.69) is 55.3 Å². The van der Waals surface area contributed by atoms with Crippen LogP contribution in [0, 0.1) is 27.7 Å². The minimum Gasteiger partial charge on any atom is -0.314 e. The van der Waals surface area contributed by atoms with Gasteiger partial charge in [-0.3, -0.25) is 5.10 Å². The van der Waals surface area contributed by atoms with Crippen LogP contribution < -0.4 is 5.32 Å². The molecule has 0 spiro atoms. The van der Waals surface area contributed by atoms with Gasteiger partial charge in [0.1, 0.15) is 0 Å². The highest BCUT2D eigenvalue weighted by molar-refractivity contribution is 5.68. The lowest BCUT2D eigenvalue weighted by atomic mass is 9.97. The Bertz CT molecular complexity index is 567. The zero-order chi connectivity index (χ0) is 13.3. The maximum atomic E-state index is 4.47. The number of nitrogens with zero attached hydrogens (tertiary/aromatic N) is 1. The van der Waals surface area contributed by atoms with Gasteiger partial charge in [-0.05, 0) is 63.1 Å². The average Bonchev–Trinajstić information content (AvgIpc) is 2.67. The lowest BCUT2D eigenvalue weighted by molar-refractivity contribution is 0.779. The Morgan fingerprint density at radius 2 is 1.72 bits per heavy atom. The van der Waals surface area contributed by atoms with Gasteiger partial charge in [-0.25, -0.2) is 0 Å². The minimum absolute atomic E-state index is 0.822. The van der Waals surface area contributed by atoms with Crippen molar-refractivity contribution in [3.05, 3.63) is 40.1 Å². The third kappa shape index (κ3) is 2.18. The van der Waals surface area contributed by atoms with Gasteiger partial charge in [-0.15, -0.1) is 0 Å². The zero-order valence-corrected chi connectivity index (χ0v) is 11.8. The van der Waals surface area contributed by atoms with Crippen LogP contribution in [-0.4, -0.2) is 17.2 Å². The predicted molar refractivity (Wildman–Crippen MR) is 75.7 cm³/mol. The molecule has 0 saturated heterocycles. The van der Waals surface area contributed by atoms with Gasteiger partial charge in [0.05, 0.1) is 11.4 Å². The smallest absolute Gasteiger partial charge is 0.0955 e. The van der Waals surface area contributed by atoms with Crippen molar-refractivity contribution in [1.29, 1.82) is 0 Å². The summed E-state index contributed by atoms with van der Waals surface area (Å²) in [7, 11) is 1.95. The standard InChI is InChI=1S/C15H21N3/c1-9-6-11(3)13(7-10(9)2)15-12(4)14(8-16-5)17-18-15/h6-7,16H,8H2,1-5H3,(H,17,18). The number of nitrogens with one attached hydrogen (secondary N) is 2. The van der Waals surface area contributed by atoms with Crippen LogP contribution in [0.2, 0.25) is 0 Å². The number of hydrogen-bond donors (Lipinski definition) is 2. The van der Waals surface area contributed by atoms with Crippen LogP contribution in [0.1, 0.15) is 27.9 Å². The second kappa shape index (κ2) is 4.94. The molecule has 2 aromatic rings. The summed E-state index contributed by atoms with van der Waals surface area (Å²) in [5, 5.41) is 10.7. The molecule has 0 atom stereocenters. The van der Waals surface area contributed by atoms with Crippen LogP contribution >= 0.6 is 0 Å². The summed E-state index contributed by atoms with van der Waals surface area (Å²) in [6.07, 6.45) is 0. The molecule has 18 heavy (non-hydrogen) atoms. The minimum atomic E-state index is 0.822. The molecule has 0 saturated carbocycles. The van der Waals surface area contributed by atoms with E-state index in [0.717, 1.165) is 17.9 Å². The monoisotopic (exact) mass is 243 g/mol. The third-order valence-electron chi connectivity index (χ3n) is 3.56. The molecule has 0 aliphatic heterocycles. The van der Waals surface area contributed by atoms with Crippen molar-refractivity contribution in [3.8, 4) is 11.3 Å². The van der Waals surface area contributed by atoms with Gasteiger partial charge >= 0.3 is 0 Å². The Hall–Kier alpha value is -1.61. The van der Waals surface area contributed by atoms with E-state index in [-0.39, 0.29) is 0 Å². The molecule has 0 fully saturated rings. The van der Waals surface area contributed by atoms with Gasteiger partial charge in [0.25, 0.3) is 0 Å². The van der Waals surface area contributed by atoms with Gasteiger partial charge in [0, 0.05) is 12.1 Å². The van der Waals surface area contributed by atoms with E-state index in [0.29, 0.717) is 0 Å². The van der Waals surface area contributed by atoms with Crippen molar-refractivity contribution in [2.24, 2.45) is 0 Å². The number of benzene rings is 1. The Kier molecular flexibility index (Phi) is 3.53. The first-order chi connectivity index (χ1) is 8.54.